The molecule has 50 heavy (non-hydrogen) atoms. The van der Waals surface area contributed by atoms with E-state index in [4.69, 9.17) is 30.5 Å². The maximum atomic E-state index is 13.5. The number of ether oxygens (including phenoxy) is 4. The molecule has 3 aliphatic heterocycles. The summed E-state index contributed by atoms with van der Waals surface area (Å²) in [7, 11) is -3.94. The highest BCUT2D eigenvalue weighted by Gasteiger charge is 2.44. The highest BCUT2D eigenvalue weighted by atomic mass is 35.5. The first-order valence-electron chi connectivity index (χ1n) is 18.5. The summed E-state index contributed by atoms with van der Waals surface area (Å²) in [6, 6.07) is 11.6. The lowest BCUT2D eigenvalue weighted by molar-refractivity contribution is -0.172. The smallest absolute Gasteiger partial charge is 0.264 e. The van der Waals surface area contributed by atoms with Gasteiger partial charge in [-0.2, -0.15) is 0 Å². The number of hydrogen-bond donors (Lipinski definition) is 1. The number of benzene rings is 2. The average Bonchev–Trinajstić information content (AvgIpc) is 3.24. The molecule has 2 aliphatic carbocycles. The van der Waals surface area contributed by atoms with E-state index in [9.17, 15) is 13.2 Å². The first-order valence-corrected chi connectivity index (χ1v) is 20.4. The van der Waals surface area contributed by atoms with Gasteiger partial charge in [0.15, 0.2) is 6.29 Å². The molecule has 1 saturated heterocycles. The average molecular weight is 727 g/mol. The summed E-state index contributed by atoms with van der Waals surface area (Å²) in [6.07, 6.45) is 12.7. The molecular weight excluding hydrogens is 676 g/mol. The Balaban J connectivity index is 1.21. The number of halogens is 1. The van der Waals surface area contributed by atoms with Gasteiger partial charge in [-0.05, 0) is 124 Å². The number of nitrogens with zero attached hydrogens (tertiary/aromatic N) is 1. The molecule has 7 atom stereocenters. The lowest BCUT2D eigenvalue weighted by Gasteiger charge is -2.46. The normalized spacial score (nSPS) is 33.2. The molecule has 2 aromatic rings. The maximum Gasteiger partial charge on any atom is 0.264 e. The molecule has 1 N–H and O–H groups in total. The molecule has 0 radical (unpaired) electrons. The second-order valence-electron chi connectivity index (χ2n) is 15.1. The zero-order chi connectivity index (χ0) is 34.9. The molecule has 3 heterocycles. The molecule has 2 aromatic carbocycles. The molecular formula is C39H51ClN2O7S. The number of carbonyl (C=O) groups excluding carboxylic acids is 1. The van der Waals surface area contributed by atoms with Crippen molar-refractivity contribution in [3.05, 3.63) is 70.3 Å². The van der Waals surface area contributed by atoms with Crippen molar-refractivity contribution in [3.8, 4) is 5.75 Å². The lowest BCUT2D eigenvalue weighted by Crippen LogP contribution is -2.49. The Labute approximate surface area is 302 Å². The topological polar surface area (TPSA) is 103 Å². The van der Waals surface area contributed by atoms with Crippen molar-refractivity contribution in [3.63, 3.8) is 0 Å². The molecule has 9 nitrogen and oxygen atoms in total. The third kappa shape index (κ3) is 7.61. The van der Waals surface area contributed by atoms with Crippen LogP contribution in [0.4, 0.5) is 5.69 Å². The summed E-state index contributed by atoms with van der Waals surface area (Å²) in [4.78, 5) is 15.9. The van der Waals surface area contributed by atoms with Crippen LogP contribution in [0.2, 0.25) is 5.02 Å². The van der Waals surface area contributed by atoms with Gasteiger partial charge >= 0.3 is 0 Å². The van der Waals surface area contributed by atoms with Crippen LogP contribution in [0.25, 0.3) is 0 Å². The summed E-state index contributed by atoms with van der Waals surface area (Å²) in [5, 5.41) is -0.0323. The van der Waals surface area contributed by atoms with Gasteiger partial charge in [0.1, 0.15) is 5.75 Å². The van der Waals surface area contributed by atoms with Gasteiger partial charge in [0.05, 0.1) is 36.9 Å². The molecule has 272 valence electrons. The van der Waals surface area contributed by atoms with Crippen LogP contribution < -0.4 is 14.4 Å². The van der Waals surface area contributed by atoms with E-state index in [0.29, 0.717) is 50.0 Å². The quantitative estimate of drug-likeness (QED) is 0.265. The number of anilines is 1. The van der Waals surface area contributed by atoms with Crippen LogP contribution in [0.15, 0.2) is 48.6 Å². The minimum Gasteiger partial charge on any atom is -0.490 e. The molecule has 2 bridgehead atoms. The number of carbonyl (C=O) groups is 1. The largest absolute Gasteiger partial charge is 0.490 e. The van der Waals surface area contributed by atoms with Crippen molar-refractivity contribution < 1.29 is 32.2 Å². The van der Waals surface area contributed by atoms with Crippen LogP contribution >= 0.6 is 11.6 Å². The Bertz CT molecular complexity index is 1680. The number of sulfonamides is 1. The van der Waals surface area contributed by atoms with Gasteiger partial charge in [-0.25, -0.2) is 13.1 Å². The first kappa shape index (κ1) is 35.8. The number of fused-ring (bicyclic) bond motifs is 4. The second kappa shape index (κ2) is 15.2. The molecule has 0 aromatic heterocycles. The van der Waals surface area contributed by atoms with Gasteiger partial charge in [-0.1, -0.05) is 36.7 Å². The summed E-state index contributed by atoms with van der Waals surface area (Å²) in [5.74, 6) is 0.507. The Morgan fingerprint density at radius 3 is 2.70 bits per heavy atom. The third-order valence-corrected chi connectivity index (χ3v) is 14.0. The van der Waals surface area contributed by atoms with Crippen molar-refractivity contribution in [1.82, 2.24) is 4.72 Å². The summed E-state index contributed by atoms with van der Waals surface area (Å²) < 4.78 is 54.2. The molecule has 7 rings (SSSR count). The number of nitrogens with one attached hydrogen (secondary N) is 1. The molecule has 1 spiro atoms. The minimum atomic E-state index is -3.94. The molecule has 2 fully saturated rings. The fraction of sp³-hybridized carbons (Fsp3) is 0.615. The van der Waals surface area contributed by atoms with Gasteiger partial charge in [-0.15, -0.1) is 0 Å². The molecule has 5 aliphatic rings. The number of allylic oxidation sites excluding steroid dienone is 1. The monoisotopic (exact) mass is 726 g/mol. The van der Waals surface area contributed by atoms with E-state index in [1.54, 1.807) is 13.0 Å². The molecule has 0 unspecified atom stereocenters. The van der Waals surface area contributed by atoms with Crippen molar-refractivity contribution in [2.45, 2.75) is 94.7 Å². The predicted molar refractivity (Wildman–Crippen MR) is 194 cm³/mol. The summed E-state index contributed by atoms with van der Waals surface area (Å²) in [5.41, 5.74) is 3.40. The number of hydrogen-bond acceptors (Lipinski definition) is 8. The lowest BCUT2D eigenvalue weighted by atomic mass is 9.68. The van der Waals surface area contributed by atoms with Crippen LogP contribution in [0.5, 0.6) is 5.75 Å². The van der Waals surface area contributed by atoms with Crippen molar-refractivity contribution in [1.29, 1.82) is 0 Å². The van der Waals surface area contributed by atoms with E-state index < -0.39 is 21.2 Å². The van der Waals surface area contributed by atoms with Crippen molar-refractivity contribution in [2.75, 3.05) is 44.4 Å². The first-order chi connectivity index (χ1) is 24.1. The molecule has 1 saturated carbocycles. The van der Waals surface area contributed by atoms with E-state index in [2.05, 4.69) is 33.9 Å². The van der Waals surface area contributed by atoms with Gasteiger partial charge < -0.3 is 23.8 Å². The van der Waals surface area contributed by atoms with Crippen LogP contribution in [-0.2, 0) is 36.1 Å². The number of amides is 1. The maximum absolute atomic E-state index is 13.5. The fourth-order valence-corrected chi connectivity index (χ4v) is 10.0. The fourth-order valence-electron chi connectivity index (χ4n) is 8.53. The van der Waals surface area contributed by atoms with Crippen LogP contribution in [0.1, 0.15) is 86.7 Å². The van der Waals surface area contributed by atoms with Gasteiger partial charge in [0, 0.05) is 35.7 Å². The predicted octanol–water partition coefficient (Wildman–Crippen LogP) is 6.81. The Morgan fingerprint density at radius 1 is 1.04 bits per heavy atom. The SMILES string of the molecule is C[C@@H]1[C@@H](C)C/C=C/[C@H](OCCO[C@@H]2CCCCO2)[C@@H]2CC[C@H]2CN2C[C@@]3(CCCc4cc(Cl)ccc43)COc3ccc(cc32)C(=O)NS1(=O)=O. The van der Waals surface area contributed by atoms with E-state index >= 15 is 0 Å². The zero-order valence-corrected chi connectivity index (χ0v) is 30.9. The van der Waals surface area contributed by atoms with Crippen LogP contribution in [0.3, 0.4) is 0 Å². The van der Waals surface area contributed by atoms with Crippen molar-refractivity contribution in [2.24, 2.45) is 17.8 Å². The second-order valence-corrected chi connectivity index (χ2v) is 17.6. The zero-order valence-electron chi connectivity index (χ0n) is 29.3. The molecule has 11 heteroatoms. The summed E-state index contributed by atoms with van der Waals surface area (Å²) in [6.45, 7) is 7.22. The van der Waals surface area contributed by atoms with Crippen LogP contribution in [0, 0.1) is 17.8 Å². The van der Waals surface area contributed by atoms with E-state index in [-0.39, 0.29) is 29.6 Å². The minimum absolute atomic E-state index is 0.128. The third-order valence-electron chi connectivity index (χ3n) is 11.8. The Kier molecular flexibility index (Phi) is 10.8. The van der Waals surface area contributed by atoms with E-state index in [1.807, 2.05) is 25.1 Å². The van der Waals surface area contributed by atoms with Gasteiger partial charge in [-0.3, -0.25) is 4.79 Å². The number of rotatable bonds is 5. The molecule has 1 amide bonds. The summed E-state index contributed by atoms with van der Waals surface area (Å²) >= 11 is 6.46. The van der Waals surface area contributed by atoms with Gasteiger partial charge in [0.25, 0.3) is 5.91 Å². The van der Waals surface area contributed by atoms with E-state index in [0.717, 1.165) is 75.2 Å². The van der Waals surface area contributed by atoms with Gasteiger partial charge in [0.2, 0.25) is 10.0 Å². The Morgan fingerprint density at radius 2 is 1.90 bits per heavy atom. The highest BCUT2D eigenvalue weighted by Crippen LogP contribution is 2.47. The van der Waals surface area contributed by atoms with Crippen molar-refractivity contribution >= 4 is 33.2 Å². The number of aryl methyl sites for hydroxylation is 1. The standard InChI is InChI=1S/C39H51ClN2O7S/c1-26-7-5-9-35(46-19-20-48-37-10-3-4-18-47-37)32-14-11-30(32)23-42-24-39(17-6-8-28-21-31(40)13-15-33(28)39)25-49-36-16-12-29(22-34(36)42)38(43)41-50(44,45)27(26)2/h5,9,12-13,15-16,21-22,26-27,30,32,35,37H,3-4,6-8,10-11,14,17-20,23-25H2,1-2H3,(H,41,43)/b9-5+/t26-,27+,30-,32+,35-,37+,39-/m0/s1. The van der Waals surface area contributed by atoms with Crippen LogP contribution in [-0.4, -0.2) is 71.5 Å². The van der Waals surface area contributed by atoms with E-state index in [1.165, 1.54) is 11.1 Å². The Hall–Kier alpha value is -2.63. The highest BCUT2D eigenvalue weighted by molar-refractivity contribution is 7.90.